The average Bonchev–Trinajstić information content (AvgIpc) is 2.46. The summed E-state index contributed by atoms with van der Waals surface area (Å²) in [4.78, 5) is 23.8. The molecule has 5 nitrogen and oxygen atoms in total. The SMILES string of the molecule is Cc1ccccc1NC(=O)C(=O)NCC(CCO)CC(C)C. The largest absolute Gasteiger partial charge is 0.396 e. The highest BCUT2D eigenvalue weighted by molar-refractivity contribution is 6.39. The Labute approximate surface area is 132 Å². The van der Waals surface area contributed by atoms with E-state index in [9.17, 15) is 9.59 Å². The van der Waals surface area contributed by atoms with Gasteiger partial charge in [-0.15, -0.1) is 0 Å². The molecule has 3 N–H and O–H groups in total. The van der Waals surface area contributed by atoms with Crippen molar-refractivity contribution in [1.82, 2.24) is 5.32 Å². The maximum Gasteiger partial charge on any atom is 0.313 e. The van der Waals surface area contributed by atoms with Crippen molar-refractivity contribution in [2.45, 2.75) is 33.6 Å². The van der Waals surface area contributed by atoms with E-state index in [0.29, 0.717) is 24.6 Å². The number of carbonyl (C=O) groups is 2. The van der Waals surface area contributed by atoms with E-state index in [1.165, 1.54) is 0 Å². The zero-order chi connectivity index (χ0) is 16.5. The van der Waals surface area contributed by atoms with Gasteiger partial charge in [0.05, 0.1) is 0 Å². The van der Waals surface area contributed by atoms with Gasteiger partial charge in [0.1, 0.15) is 0 Å². The van der Waals surface area contributed by atoms with Crippen molar-refractivity contribution in [2.24, 2.45) is 11.8 Å². The number of para-hydroxylation sites is 1. The number of benzene rings is 1. The van der Waals surface area contributed by atoms with E-state index >= 15 is 0 Å². The molecule has 22 heavy (non-hydrogen) atoms. The second-order valence-electron chi connectivity index (χ2n) is 5.99. The number of aliphatic hydroxyl groups excluding tert-OH is 1. The summed E-state index contributed by atoms with van der Waals surface area (Å²) in [5.74, 6) is -0.647. The number of hydrogen-bond acceptors (Lipinski definition) is 3. The molecule has 0 aliphatic rings. The number of anilines is 1. The third kappa shape index (κ3) is 6.26. The minimum Gasteiger partial charge on any atom is -0.396 e. The van der Waals surface area contributed by atoms with Gasteiger partial charge in [-0.1, -0.05) is 32.0 Å². The van der Waals surface area contributed by atoms with Gasteiger partial charge in [0, 0.05) is 18.8 Å². The van der Waals surface area contributed by atoms with E-state index in [1.807, 2.05) is 19.1 Å². The van der Waals surface area contributed by atoms with E-state index in [-0.39, 0.29) is 12.5 Å². The molecule has 0 aromatic heterocycles. The van der Waals surface area contributed by atoms with E-state index in [1.54, 1.807) is 12.1 Å². The van der Waals surface area contributed by atoms with Crippen molar-refractivity contribution in [3.8, 4) is 0 Å². The molecule has 0 radical (unpaired) electrons. The molecule has 1 rings (SSSR count). The van der Waals surface area contributed by atoms with Crippen LogP contribution in [0.15, 0.2) is 24.3 Å². The van der Waals surface area contributed by atoms with Gasteiger partial charge in [0.15, 0.2) is 0 Å². The number of hydrogen-bond donors (Lipinski definition) is 3. The van der Waals surface area contributed by atoms with Crippen LogP contribution in [0.1, 0.15) is 32.3 Å². The van der Waals surface area contributed by atoms with Crippen molar-refractivity contribution >= 4 is 17.5 Å². The Kier molecular flexibility index (Phi) is 7.60. The Balaban J connectivity index is 2.50. The molecule has 0 spiro atoms. The molecule has 0 bridgehead atoms. The molecule has 0 saturated heterocycles. The fraction of sp³-hybridized carbons (Fsp3) is 0.529. The van der Waals surface area contributed by atoms with Crippen molar-refractivity contribution in [3.63, 3.8) is 0 Å². The molecule has 1 unspecified atom stereocenters. The number of aryl methyl sites for hydroxylation is 1. The molecular formula is C17H26N2O3. The van der Waals surface area contributed by atoms with Gasteiger partial charge >= 0.3 is 11.8 Å². The number of aliphatic hydroxyl groups is 1. The summed E-state index contributed by atoms with van der Waals surface area (Å²) in [5.41, 5.74) is 1.54. The number of rotatable bonds is 7. The first-order valence-electron chi connectivity index (χ1n) is 7.69. The number of amides is 2. The van der Waals surface area contributed by atoms with E-state index in [2.05, 4.69) is 24.5 Å². The fourth-order valence-electron chi connectivity index (χ4n) is 2.36. The molecule has 0 saturated carbocycles. The molecule has 2 amide bonds. The summed E-state index contributed by atoms with van der Waals surface area (Å²) in [5, 5.41) is 14.3. The topological polar surface area (TPSA) is 78.4 Å². The van der Waals surface area contributed by atoms with E-state index in [0.717, 1.165) is 12.0 Å². The first kappa shape index (κ1) is 18.2. The lowest BCUT2D eigenvalue weighted by Gasteiger charge is -2.18. The van der Waals surface area contributed by atoms with Crippen LogP contribution in [-0.4, -0.2) is 30.1 Å². The van der Waals surface area contributed by atoms with Gasteiger partial charge in [0.25, 0.3) is 0 Å². The van der Waals surface area contributed by atoms with Crippen molar-refractivity contribution in [2.75, 3.05) is 18.5 Å². The van der Waals surface area contributed by atoms with E-state index < -0.39 is 11.8 Å². The second-order valence-corrected chi connectivity index (χ2v) is 5.99. The monoisotopic (exact) mass is 306 g/mol. The highest BCUT2D eigenvalue weighted by atomic mass is 16.3. The molecule has 0 aliphatic heterocycles. The van der Waals surface area contributed by atoms with Crippen LogP contribution in [0.4, 0.5) is 5.69 Å². The summed E-state index contributed by atoms with van der Waals surface area (Å²) in [6.07, 6.45) is 1.53. The molecule has 0 heterocycles. The van der Waals surface area contributed by atoms with E-state index in [4.69, 9.17) is 5.11 Å². The Hall–Kier alpha value is -1.88. The zero-order valence-electron chi connectivity index (χ0n) is 13.6. The molecule has 1 aromatic rings. The van der Waals surface area contributed by atoms with Crippen LogP contribution in [0.2, 0.25) is 0 Å². The fourth-order valence-corrected chi connectivity index (χ4v) is 2.36. The summed E-state index contributed by atoms with van der Waals surface area (Å²) < 4.78 is 0. The lowest BCUT2D eigenvalue weighted by atomic mass is 9.94. The molecule has 1 atom stereocenters. The van der Waals surface area contributed by atoms with Crippen molar-refractivity contribution in [1.29, 1.82) is 0 Å². The minimum absolute atomic E-state index is 0.0860. The van der Waals surface area contributed by atoms with Gasteiger partial charge in [-0.05, 0) is 43.2 Å². The van der Waals surface area contributed by atoms with Crippen molar-refractivity contribution < 1.29 is 14.7 Å². The minimum atomic E-state index is -0.665. The maximum absolute atomic E-state index is 11.9. The molecule has 1 aromatic carbocycles. The lowest BCUT2D eigenvalue weighted by molar-refractivity contribution is -0.136. The van der Waals surface area contributed by atoms with Crippen LogP contribution in [0.5, 0.6) is 0 Å². The van der Waals surface area contributed by atoms with Gasteiger partial charge in [-0.3, -0.25) is 9.59 Å². The molecule has 0 fully saturated rings. The van der Waals surface area contributed by atoms with Crippen LogP contribution < -0.4 is 10.6 Å². The quantitative estimate of drug-likeness (QED) is 0.675. The van der Waals surface area contributed by atoms with Crippen LogP contribution >= 0.6 is 0 Å². The molecule has 122 valence electrons. The smallest absolute Gasteiger partial charge is 0.313 e. The summed E-state index contributed by atoms with van der Waals surface area (Å²) in [7, 11) is 0. The Bertz CT molecular complexity index is 500. The standard InChI is InChI=1S/C17H26N2O3/c1-12(2)10-14(8-9-20)11-18-16(21)17(22)19-15-7-5-4-6-13(15)3/h4-7,12,14,20H,8-11H2,1-3H3,(H,18,21)(H,19,22). The third-order valence-electron chi connectivity index (χ3n) is 3.49. The second kappa shape index (κ2) is 9.20. The summed E-state index contributed by atoms with van der Waals surface area (Å²) in [6, 6.07) is 7.30. The van der Waals surface area contributed by atoms with Gasteiger partial charge < -0.3 is 15.7 Å². The number of nitrogens with one attached hydrogen (secondary N) is 2. The summed E-state index contributed by atoms with van der Waals surface area (Å²) in [6.45, 7) is 6.54. The number of carbonyl (C=O) groups excluding carboxylic acids is 2. The molecule has 5 heteroatoms. The average molecular weight is 306 g/mol. The lowest BCUT2D eigenvalue weighted by Crippen LogP contribution is -2.38. The molecular weight excluding hydrogens is 280 g/mol. The van der Waals surface area contributed by atoms with Gasteiger partial charge in [0.2, 0.25) is 0 Å². The Morgan fingerprint density at radius 3 is 2.45 bits per heavy atom. The van der Waals surface area contributed by atoms with Gasteiger partial charge in [-0.2, -0.15) is 0 Å². The first-order valence-corrected chi connectivity index (χ1v) is 7.69. The zero-order valence-corrected chi connectivity index (χ0v) is 13.6. The predicted octanol–water partition coefficient (Wildman–Crippen LogP) is 2.09. The molecule has 0 aliphatic carbocycles. The van der Waals surface area contributed by atoms with Gasteiger partial charge in [-0.25, -0.2) is 0 Å². The van der Waals surface area contributed by atoms with Crippen LogP contribution in [0.25, 0.3) is 0 Å². The highest BCUT2D eigenvalue weighted by Gasteiger charge is 2.17. The van der Waals surface area contributed by atoms with Crippen molar-refractivity contribution in [3.05, 3.63) is 29.8 Å². The Morgan fingerprint density at radius 2 is 1.86 bits per heavy atom. The Morgan fingerprint density at radius 1 is 1.18 bits per heavy atom. The normalized spacial score (nSPS) is 12.0. The summed E-state index contributed by atoms with van der Waals surface area (Å²) >= 11 is 0. The van der Waals surface area contributed by atoms with Crippen LogP contribution in [0.3, 0.4) is 0 Å². The maximum atomic E-state index is 11.9. The predicted molar refractivity (Wildman–Crippen MR) is 87.5 cm³/mol. The third-order valence-corrected chi connectivity index (χ3v) is 3.49. The highest BCUT2D eigenvalue weighted by Crippen LogP contribution is 2.15. The van der Waals surface area contributed by atoms with Crippen LogP contribution in [0, 0.1) is 18.8 Å². The first-order chi connectivity index (χ1) is 10.4. The van der Waals surface area contributed by atoms with Crippen LogP contribution in [-0.2, 0) is 9.59 Å².